The van der Waals surface area contributed by atoms with Crippen LogP contribution in [0.4, 0.5) is 5.69 Å². The maximum atomic E-state index is 11.8. The van der Waals surface area contributed by atoms with Crippen molar-refractivity contribution in [1.29, 1.82) is 4.78 Å². The normalized spacial score (nSPS) is 18.8. The molecule has 0 unspecified atom stereocenters. The first-order valence-electron chi connectivity index (χ1n) is 8.07. The minimum atomic E-state index is -2.59. The van der Waals surface area contributed by atoms with E-state index in [-0.39, 0.29) is 0 Å². The Hall–Kier alpha value is -1.82. The van der Waals surface area contributed by atoms with Gasteiger partial charge >= 0.3 is 0 Å². The quantitative estimate of drug-likeness (QED) is 0.780. The Morgan fingerprint density at radius 3 is 2.88 bits per heavy atom. The lowest BCUT2D eigenvalue weighted by Gasteiger charge is -2.31. The van der Waals surface area contributed by atoms with Crippen molar-refractivity contribution in [3.05, 3.63) is 17.4 Å². The van der Waals surface area contributed by atoms with Crippen molar-refractivity contribution in [2.24, 2.45) is 5.92 Å². The molecular weight excluding hydrogens is 360 g/mol. The van der Waals surface area contributed by atoms with E-state index in [1.165, 1.54) is 6.26 Å². The molecule has 0 saturated carbocycles. The van der Waals surface area contributed by atoms with E-state index in [0.717, 1.165) is 30.5 Å². The Morgan fingerprint density at radius 2 is 2.24 bits per heavy atom. The zero-order valence-corrected chi connectivity index (χ0v) is 15.6. The van der Waals surface area contributed by atoms with Crippen molar-refractivity contribution in [1.82, 2.24) is 19.1 Å². The number of halogens is 1. The summed E-state index contributed by atoms with van der Waals surface area (Å²) in [7, 11) is -2.59. The van der Waals surface area contributed by atoms with Gasteiger partial charge in [0, 0.05) is 37.8 Å². The van der Waals surface area contributed by atoms with Gasteiger partial charge in [0.2, 0.25) is 0 Å². The fraction of sp³-hybridized carbons (Fsp3) is 0.500. The molecule has 3 rings (SSSR count). The molecule has 1 aliphatic rings. The summed E-state index contributed by atoms with van der Waals surface area (Å²) < 4.78 is 22.8. The predicted octanol–water partition coefficient (Wildman–Crippen LogP) is 2.43. The van der Waals surface area contributed by atoms with Crippen LogP contribution in [0.2, 0.25) is 5.15 Å². The van der Waals surface area contributed by atoms with E-state index in [4.69, 9.17) is 22.8 Å². The van der Waals surface area contributed by atoms with E-state index < -0.39 is 9.92 Å². The average Bonchev–Trinajstić information content (AvgIpc) is 2.90. The standard InChI is InChI=1S/C16H21ClN6OS/c1-3-8-23-16-14(15(17)21-23)13(4-7-19-16)20-11-12-5-9-22(10-6-12)25(2,18)24/h1,4,7,12,18H,5-6,8-11H2,2H3,(H,19,20)/t25-/m0/s1. The lowest BCUT2D eigenvalue weighted by molar-refractivity contribution is 0.291. The van der Waals surface area contributed by atoms with Crippen LogP contribution >= 0.6 is 11.6 Å². The minimum Gasteiger partial charge on any atom is -0.384 e. The second-order valence-electron chi connectivity index (χ2n) is 6.27. The lowest BCUT2D eigenvalue weighted by atomic mass is 9.98. The van der Waals surface area contributed by atoms with Gasteiger partial charge in [0.1, 0.15) is 16.5 Å². The third kappa shape index (κ3) is 3.89. The van der Waals surface area contributed by atoms with Crippen LogP contribution in [0.25, 0.3) is 11.0 Å². The molecule has 3 heterocycles. The van der Waals surface area contributed by atoms with E-state index in [0.29, 0.717) is 36.4 Å². The van der Waals surface area contributed by atoms with Crippen LogP contribution in [0.15, 0.2) is 12.3 Å². The summed E-state index contributed by atoms with van der Waals surface area (Å²) in [6.45, 7) is 2.49. The SMILES string of the molecule is C#CCn1nc(Cl)c2c(NCC3CCN([S@](C)(=N)=O)CC3)ccnc21. The van der Waals surface area contributed by atoms with Crippen molar-refractivity contribution in [2.75, 3.05) is 31.2 Å². The van der Waals surface area contributed by atoms with Crippen molar-refractivity contribution >= 4 is 38.2 Å². The average molecular weight is 381 g/mol. The third-order valence-corrected chi connectivity index (χ3v) is 6.09. The molecule has 2 N–H and O–H groups in total. The summed E-state index contributed by atoms with van der Waals surface area (Å²) in [5.41, 5.74) is 1.56. The maximum Gasteiger partial charge on any atom is 0.162 e. The van der Waals surface area contributed by atoms with Crippen LogP contribution < -0.4 is 5.32 Å². The molecule has 1 saturated heterocycles. The zero-order chi connectivity index (χ0) is 18.0. The van der Waals surface area contributed by atoms with Gasteiger partial charge in [0.25, 0.3) is 0 Å². The van der Waals surface area contributed by atoms with Gasteiger partial charge in [-0.25, -0.2) is 23.0 Å². The smallest absolute Gasteiger partial charge is 0.162 e. The van der Waals surface area contributed by atoms with Gasteiger partial charge in [-0.2, -0.15) is 5.10 Å². The highest BCUT2D eigenvalue weighted by atomic mass is 35.5. The number of nitrogens with one attached hydrogen (secondary N) is 2. The summed E-state index contributed by atoms with van der Waals surface area (Å²) in [6.07, 6.45) is 10.4. The van der Waals surface area contributed by atoms with E-state index in [1.54, 1.807) is 15.2 Å². The number of anilines is 1. The Kier molecular flexibility index (Phi) is 5.18. The van der Waals surface area contributed by atoms with Gasteiger partial charge in [0.05, 0.1) is 5.39 Å². The molecule has 0 amide bonds. The van der Waals surface area contributed by atoms with Gasteiger partial charge in [-0.15, -0.1) is 6.42 Å². The zero-order valence-electron chi connectivity index (χ0n) is 14.0. The summed E-state index contributed by atoms with van der Waals surface area (Å²) >= 11 is 6.27. The summed E-state index contributed by atoms with van der Waals surface area (Å²) in [6, 6.07) is 1.88. The first-order chi connectivity index (χ1) is 11.9. The highest BCUT2D eigenvalue weighted by Gasteiger charge is 2.23. The minimum absolute atomic E-state index is 0.321. The molecule has 134 valence electrons. The number of rotatable bonds is 5. The fourth-order valence-electron chi connectivity index (χ4n) is 3.11. The van der Waals surface area contributed by atoms with Crippen LogP contribution in [0.5, 0.6) is 0 Å². The van der Waals surface area contributed by atoms with Gasteiger partial charge in [-0.05, 0) is 24.8 Å². The molecule has 7 nitrogen and oxygen atoms in total. The fourth-order valence-corrected chi connectivity index (χ4v) is 4.30. The van der Waals surface area contributed by atoms with E-state index in [2.05, 4.69) is 21.3 Å². The van der Waals surface area contributed by atoms with Crippen LogP contribution in [0.1, 0.15) is 12.8 Å². The molecule has 25 heavy (non-hydrogen) atoms. The van der Waals surface area contributed by atoms with Crippen LogP contribution in [-0.2, 0) is 16.5 Å². The van der Waals surface area contributed by atoms with Crippen molar-refractivity contribution in [3.63, 3.8) is 0 Å². The molecule has 0 radical (unpaired) electrons. The topological polar surface area (TPSA) is 86.9 Å². The Labute approximate surface area is 152 Å². The molecule has 0 bridgehead atoms. The maximum absolute atomic E-state index is 11.8. The number of nitrogens with zero attached hydrogens (tertiary/aromatic N) is 4. The highest BCUT2D eigenvalue weighted by molar-refractivity contribution is 7.89. The third-order valence-electron chi connectivity index (χ3n) is 4.48. The number of pyridine rings is 1. The largest absolute Gasteiger partial charge is 0.384 e. The molecule has 0 spiro atoms. The summed E-state index contributed by atoms with van der Waals surface area (Å²) in [5, 5.41) is 8.85. The molecule has 1 fully saturated rings. The van der Waals surface area contributed by atoms with Crippen LogP contribution in [0, 0.1) is 23.0 Å². The van der Waals surface area contributed by atoms with Crippen molar-refractivity contribution in [2.45, 2.75) is 19.4 Å². The number of piperidine rings is 1. The van der Waals surface area contributed by atoms with Crippen LogP contribution in [-0.4, -0.2) is 49.2 Å². The number of hydrogen-bond acceptors (Lipinski definition) is 5. The van der Waals surface area contributed by atoms with Gasteiger partial charge in [0.15, 0.2) is 10.8 Å². The van der Waals surface area contributed by atoms with Crippen molar-refractivity contribution < 1.29 is 4.21 Å². The van der Waals surface area contributed by atoms with Gasteiger partial charge < -0.3 is 5.32 Å². The van der Waals surface area contributed by atoms with Gasteiger partial charge in [-0.1, -0.05) is 17.5 Å². The highest BCUT2D eigenvalue weighted by Crippen LogP contribution is 2.29. The monoisotopic (exact) mass is 380 g/mol. The Balaban J connectivity index is 1.69. The first-order valence-corrected chi connectivity index (χ1v) is 10.4. The molecule has 0 aliphatic carbocycles. The number of hydrogen-bond donors (Lipinski definition) is 2. The number of terminal acetylenes is 1. The van der Waals surface area contributed by atoms with E-state index >= 15 is 0 Å². The Morgan fingerprint density at radius 1 is 1.52 bits per heavy atom. The molecular formula is C16H21ClN6OS. The molecule has 1 atom stereocenters. The van der Waals surface area contributed by atoms with E-state index in [1.807, 2.05) is 6.07 Å². The summed E-state index contributed by atoms with van der Waals surface area (Å²) in [5.74, 6) is 3.01. The van der Waals surface area contributed by atoms with E-state index in [9.17, 15) is 4.21 Å². The number of aromatic nitrogens is 3. The van der Waals surface area contributed by atoms with Crippen LogP contribution in [0.3, 0.4) is 0 Å². The molecule has 9 heteroatoms. The second kappa shape index (κ2) is 7.20. The Bertz CT molecular complexity index is 909. The molecule has 2 aromatic rings. The lowest BCUT2D eigenvalue weighted by Crippen LogP contribution is -2.38. The predicted molar refractivity (Wildman–Crippen MR) is 101 cm³/mol. The van der Waals surface area contributed by atoms with Crippen molar-refractivity contribution in [3.8, 4) is 12.3 Å². The second-order valence-corrected chi connectivity index (χ2v) is 8.74. The first kappa shape index (κ1) is 18.0. The molecule has 1 aliphatic heterocycles. The van der Waals surface area contributed by atoms with Gasteiger partial charge in [-0.3, -0.25) is 0 Å². The summed E-state index contributed by atoms with van der Waals surface area (Å²) in [4.78, 5) is 4.33. The molecule has 0 aromatic carbocycles. The number of fused-ring (bicyclic) bond motifs is 1. The molecule has 2 aromatic heterocycles.